The number of halogens is 2. The molecule has 1 aliphatic rings. The first-order valence-electron chi connectivity index (χ1n) is 6.01. The summed E-state index contributed by atoms with van der Waals surface area (Å²) in [6.07, 6.45) is -0.283. The van der Waals surface area contributed by atoms with Crippen molar-refractivity contribution in [1.29, 1.82) is 0 Å². The maximum Gasteiger partial charge on any atom is 0.336 e. The van der Waals surface area contributed by atoms with E-state index in [0.29, 0.717) is 18.8 Å². The van der Waals surface area contributed by atoms with E-state index in [1.165, 1.54) is 12.1 Å². The highest BCUT2D eigenvalue weighted by atomic mass is 79.9. The van der Waals surface area contributed by atoms with Crippen LogP contribution >= 0.6 is 15.9 Å². The first-order chi connectivity index (χ1) is 9.49. The largest absolute Gasteiger partial charge is 0.478 e. The predicted octanol–water partition coefficient (Wildman–Crippen LogP) is 2.14. The Hall–Kier alpha value is -1.18. The quantitative estimate of drug-likeness (QED) is 0.904. The molecule has 1 N–H and O–H groups in total. The Balaban J connectivity index is 2.31. The van der Waals surface area contributed by atoms with Crippen molar-refractivity contribution in [3.8, 4) is 0 Å². The molecule has 0 spiro atoms. The molecule has 2 unspecified atom stereocenters. The maximum atomic E-state index is 14.3. The zero-order valence-corrected chi connectivity index (χ0v) is 12.7. The van der Waals surface area contributed by atoms with E-state index in [0.717, 1.165) is 0 Å². The van der Waals surface area contributed by atoms with Crippen molar-refractivity contribution >= 4 is 27.6 Å². The molecule has 1 aliphatic heterocycles. The number of ether oxygens (including phenoxy) is 2. The van der Waals surface area contributed by atoms with Crippen molar-refractivity contribution in [2.45, 2.75) is 12.2 Å². The monoisotopic (exact) mass is 347 g/mol. The van der Waals surface area contributed by atoms with Gasteiger partial charge in [0.1, 0.15) is 12.2 Å². The smallest absolute Gasteiger partial charge is 0.336 e. The van der Waals surface area contributed by atoms with Crippen LogP contribution in [0.25, 0.3) is 0 Å². The van der Waals surface area contributed by atoms with Crippen LogP contribution in [0.15, 0.2) is 16.6 Å². The number of carbonyl (C=O) groups is 1. The molecule has 1 fully saturated rings. The van der Waals surface area contributed by atoms with Crippen LogP contribution in [-0.4, -0.2) is 50.6 Å². The van der Waals surface area contributed by atoms with Crippen molar-refractivity contribution in [3.05, 3.63) is 28.0 Å². The Morgan fingerprint density at radius 3 is 2.35 bits per heavy atom. The molecular weight excluding hydrogens is 333 g/mol. The molecule has 110 valence electrons. The lowest BCUT2D eigenvalue weighted by atomic mass is 10.2. The Labute approximate surface area is 124 Å². The molecule has 1 aromatic rings. The van der Waals surface area contributed by atoms with E-state index in [9.17, 15) is 9.18 Å². The number of hydrogen-bond donors (Lipinski definition) is 1. The molecule has 0 aromatic heterocycles. The van der Waals surface area contributed by atoms with E-state index in [1.807, 2.05) is 0 Å². The van der Waals surface area contributed by atoms with E-state index in [1.54, 1.807) is 19.1 Å². The summed E-state index contributed by atoms with van der Waals surface area (Å²) in [4.78, 5) is 12.7. The molecule has 1 aromatic carbocycles. The van der Waals surface area contributed by atoms with Crippen LogP contribution in [0.4, 0.5) is 10.1 Å². The maximum absolute atomic E-state index is 14.3. The number of carboxylic acid groups (broad SMARTS) is 1. The second-order valence-corrected chi connectivity index (χ2v) is 5.31. The van der Waals surface area contributed by atoms with Crippen molar-refractivity contribution in [3.63, 3.8) is 0 Å². The standard InChI is InChI=1S/C13H15BrFNO4/c1-19-9-5-16(6-10(9)20-2)8-4-3-7(13(17)18)11(14)12(8)15/h3-4,9-10H,5-6H2,1-2H3,(H,17,18). The zero-order valence-electron chi connectivity index (χ0n) is 11.1. The molecule has 0 amide bonds. The lowest BCUT2D eigenvalue weighted by molar-refractivity contribution is -0.00461. The molecular formula is C13H15BrFNO4. The van der Waals surface area contributed by atoms with Crippen LogP contribution in [0.3, 0.4) is 0 Å². The van der Waals surface area contributed by atoms with Crippen LogP contribution in [0.2, 0.25) is 0 Å². The summed E-state index contributed by atoms with van der Waals surface area (Å²) in [5.41, 5.74) is 0.237. The number of rotatable bonds is 4. The first-order valence-corrected chi connectivity index (χ1v) is 6.80. The molecule has 5 nitrogen and oxygen atoms in total. The minimum absolute atomic E-state index is 0.0441. The van der Waals surface area contributed by atoms with Crippen molar-refractivity contribution in [2.75, 3.05) is 32.2 Å². The number of methoxy groups -OCH3 is 2. The number of nitrogens with zero attached hydrogens (tertiary/aromatic N) is 1. The summed E-state index contributed by atoms with van der Waals surface area (Å²) >= 11 is 3.00. The van der Waals surface area contributed by atoms with Crippen molar-refractivity contribution < 1.29 is 23.8 Å². The lowest BCUT2D eigenvalue weighted by Crippen LogP contribution is -2.27. The normalized spacial score (nSPS) is 22.3. The summed E-state index contributed by atoms with van der Waals surface area (Å²) in [7, 11) is 3.17. The van der Waals surface area contributed by atoms with E-state index in [2.05, 4.69) is 15.9 Å². The lowest BCUT2D eigenvalue weighted by Gasteiger charge is -2.19. The van der Waals surface area contributed by atoms with Crippen molar-refractivity contribution in [2.24, 2.45) is 0 Å². The zero-order chi connectivity index (χ0) is 14.9. The minimum Gasteiger partial charge on any atom is -0.478 e. The predicted molar refractivity (Wildman–Crippen MR) is 74.9 cm³/mol. The second kappa shape index (κ2) is 6.07. The Morgan fingerprint density at radius 2 is 1.90 bits per heavy atom. The van der Waals surface area contributed by atoms with Crippen LogP contribution in [0, 0.1) is 5.82 Å². The summed E-state index contributed by atoms with van der Waals surface area (Å²) in [5, 5.41) is 8.96. The summed E-state index contributed by atoms with van der Waals surface area (Å²) in [6, 6.07) is 2.85. The van der Waals surface area contributed by atoms with Crippen LogP contribution in [0.5, 0.6) is 0 Å². The van der Waals surface area contributed by atoms with Crippen LogP contribution in [-0.2, 0) is 9.47 Å². The van der Waals surface area contributed by atoms with Gasteiger partial charge in [-0.25, -0.2) is 9.18 Å². The van der Waals surface area contributed by atoms with Crippen molar-refractivity contribution in [1.82, 2.24) is 0 Å². The number of aromatic carboxylic acids is 1. The fourth-order valence-corrected chi connectivity index (χ4v) is 2.85. The highest BCUT2D eigenvalue weighted by Gasteiger charge is 2.34. The molecule has 7 heteroatoms. The molecule has 1 heterocycles. The Bertz CT molecular complexity index is 513. The molecule has 2 rings (SSSR count). The van der Waals surface area contributed by atoms with Gasteiger partial charge < -0.3 is 19.5 Å². The van der Waals surface area contributed by atoms with E-state index < -0.39 is 11.8 Å². The van der Waals surface area contributed by atoms with Gasteiger partial charge in [-0.1, -0.05) is 0 Å². The van der Waals surface area contributed by atoms with E-state index in [4.69, 9.17) is 14.6 Å². The highest BCUT2D eigenvalue weighted by Crippen LogP contribution is 2.32. The third-order valence-corrected chi connectivity index (χ3v) is 4.23. The third-order valence-electron chi connectivity index (χ3n) is 3.45. The molecule has 20 heavy (non-hydrogen) atoms. The number of carboxylic acids is 1. The number of anilines is 1. The van der Waals surface area contributed by atoms with Crippen LogP contribution in [0.1, 0.15) is 10.4 Å². The van der Waals surface area contributed by atoms with E-state index >= 15 is 0 Å². The van der Waals surface area contributed by atoms with Crippen LogP contribution < -0.4 is 4.90 Å². The average molecular weight is 348 g/mol. The molecule has 0 bridgehead atoms. The van der Waals surface area contributed by atoms with Gasteiger partial charge in [-0.2, -0.15) is 0 Å². The van der Waals surface area contributed by atoms with Gasteiger partial charge in [0, 0.05) is 27.3 Å². The van der Waals surface area contributed by atoms with Gasteiger partial charge in [-0.15, -0.1) is 0 Å². The van der Waals surface area contributed by atoms with Gasteiger partial charge >= 0.3 is 5.97 Å². The third kappa shape index (κ3) is 2.65. The van der Waals surface area contributed by atoms with Gasteiger partial charge in [-0.3, -0.25) is 0 Å². The molecule has 0 aliphatic carbocycles. The molecule has 1 saturated heterocycles. The first kappa shape index (κ1) is 15.2. The average Bonchev–Trinajstić information content (AvgIpc) is 2.84. The second-order valence-electron chi connectivity index (χ2n) is 4.52. The fraction of sp³-hybridized carbons (Fsp3) is 0.462. The minimum atomic E-state index is -1.17. The van der Waals surface area contributed by atoms with Gasteiger partial charge in [0.15, 0.2) is 5.82 Å². The summed E-state index contributed by atoms with van der Waals surface area (Å²) in [6.45, 7) is 0.982. The van der Waals surface area contributed by atoms with Gasteiger partial charge in [0.2, 0.25) is 0 Å². The van der Waals surface area contributed by atoms with E-state index in [-0.39, 0.29) is 22.2 Å². The Morgan fingerprint density at radius 1 is 1.35 bits per heavy atom. The van der Waals surface area contributed by atoms with Gasteiger partial charge in [0.05, 0.1) is 15.7 Å². The topological polar surface area (TPSA) is 59.0 Å². The van der Waals surface area contributed by atoms with Gasteiger partial charge in [-0.05, 0) is 28.1 Å². The number of benzene rings is 1. The summed E-state index contributed by atoms with van der Waals surface area (Å²) in [5.74, 6) is -1.76. The van der Waals surface area contributed by atoms with Gasteiger partial charge in [0.25, 0.3) is 0 Å². The SMILES string of the molecule is COC1CN(c2ccc(C(=O)O)c(Br)c2F)CC1OC. The fourth-order valence-electron chi connectivity index (χ4n) is 2.34. The molecule has 2 atom stereocenters. The highest BCUT2D eigenvalue weighted by molar-refractivity contribution is 9.10. The Kier molecular flexibility index (Phi) is 4.62. The number of hydrogen-bond acceptors (Lipinski definition) is 4. The molecule has 0 saturated carbocycles. The summed E-state index contributed by atoms with van der Waals surface area (Å²) < 4.78 is 24.9. The molecule has 0 radical (unpaired) electrons.